The zero-order valence-electron chi connectivity index (χ0n) is 10.7. The first kappa shape index (κ1) is 12.3. The van der Waals surface area contributed by atoms with E-state index in [1.807, 2.05) is 0 Å². The molecule has 17 heavy (non-hydrogen) atoms. The van der Waals surface area contributed by atoms with Crippen molar-refractivity contribution in [3.63, 3.8) is 0 Å². The highest BCUT2D eigenvalue weighted by Crippen LogP contribution is 2.40. The summed E-state index contributed by atoms with van der Waals surface area (Å²) in [6.07, 6.45) is 9.80. The lowest BCUT2D eigenvalue weighted by Crippen LogP contribution is -2.63. The molecule has 3 fully saturated rings. The summed E-state index contributed by atoms with van der Waals surface area (Å²) in [5, 5.41) is 3.81. The smallest absolute Gasteiger partial charge is 0.0928 e. The topological polar surface area (TPSA) is 21.3 Å². The molecule has 2 aliphatic heterocycles. The van der Waals surface area contributed by atoms with Crippen LogP contribution >= 0.6 is 11.8 Å². The third-order valence-electron chi connectivity index (χ3n) is 4.78. The average molecular weight is 255 g/mol. The normalized spacial score (nSPS) is 40.6. The molecule has 2 unspecified atom stereocenters. The Bertz CT molecular complexity index is 238. The summed E-state index contributed by atoms with van der Waals surface area (Å²) in [4.78, 5) is 0. The molecule has 3 heteroatoms. The second-order valence-electron chi connectivity index (χ2n) is 5.90. The molecule has 0 radical (unpaired) electrons. The Morgan fingerprint density at radius 1 is 1.12 bits per heavy atom. The summed E-state index contributed by atoms with van der Waals surface area (Å²) in [6, 6.07) is 0.643. The highest BCUT2D eigenvalue weighted by atomic mass is 32.2. The van der Waals surface area contributed by atoms with Crippen LogP contribution in [0.3, 0.4) is 0 Å². The molecule has 0 aromatic carbocycles. The fraction of sp³-hybridized carbons (Fsp3) is 1.00. The standard InChI is InChI=1S/C14H25NOS/c1-2-5-12(6-3-1)13-14(16-9-8-15-13)7-4-10-17-11-14/h12-13,15H,1-11H2. The third kappa shape index (κ3) is 2.52. The molecule has 0 amide bonds. The fourth-order valence-electron chi connectivity index (χ4n) is 3.96. The summed E-state index contributed by atoms with van der Waals surface area (Å²) in [5.41, 5.74) is 0.184. The summed E-state index contributed by atoms with van der Waals surface area (Å²) in [6.45, 7) is 1.98. The van der Waals surface area contributed by atoms with Gasteiger partial charge >= 0.3 is 0 Å². The van der Waals surface area contributed by atoms with Gasteiger partial charge in [0.05, 0.1) is 12.2 Å². The molecule has 1 N–H and O–H groups in total. The summed E-state index contributed by atoms with van der Waals surface area (Å²) >= 11 is 2.10. The van der Waals surface area contributed by atoms with Crippen LogP contribution in [-0.2, 0) is 4.74 Å². The van der Waals surface area contributed by atoms with Crippen molar-refractivity contribution in [3.05, 3.63) is 0 Å². The SMILES string of the molecule is C1CCC(C2NCCOC23CCCSC3)CC1. The van der Waals surface area contributed by atoms with Crippen molar-refractivity contribution in [3.8, 4) is 0 Å². The first-order valence-corrected chi connectivity index (χ1v) is 8.51. The number of hydrogen-bond acceptors (Lipinski definition) is 3. The first-order chi connectivity index (χ1) is 8.41. The van der Waals surface area contributed by atoms with E-state index in [4.69, 9.17) is 4.74 Å². The number of thioether (sulfide) groups is 1. The maximum absolute atomic E-state index is 6.29. The molecular formula is C14H25NOS. The second kappa shape index (κ2) is 5.50. The molecule has 1 saturated carbocycles. The Morgan fingerprint density at radius 3 is 2.76 bits per heavy atom. The zero-order chi connectivity index (χ0) is 11.6. The van der Waals surface area contributed by atoms with Crippen LogP contribution in [0.25, 0.3) is 0 Å². The van der Waals surface area contributed by atoms with Crippen LogP contribution in [0.4, 0.5) is 0 Å². The van der Waals surface area contributed by atoms with E-state index in [2.05, 4.69) is 17.1 Å². The van der Waals surface area contributed by atoms with Crippen molar-refractivity contribution in [2.24, 2.45) is 5.92 Å². The molecule has 0 bridgehead atoms. The third-order valence-corrected chi connectivity index (χ3v) is 6.05. The number of nitrogens with one attached hydrogen (secondary N) is 1. The van der Waals surface area contributed by atoms with Gasteiger partial charge in [-0.15, -0.1) is 0 Å². The lowest BCUT2D eigenvalue weighted by Gasteiger charge is -2.50. The monoisotopic (exact) mass is 255 g/mol. The minimum atomic E-state index is 0.184. The molecule has 3 rings (SSSR count). The molecule has 2 atom stereocenters. The van der Waals surface area contributed by atoms with Gasteiger partial charge in [-0.25, -0.2) is 0 Å². The van der Waals surface area contributed by atoms with Crippen LogP contribution < -0.4 is 5.32 Å². The number of rotatable bonds is 1. The second-order valence-corrected chi connectivity index (χ2v) is 7.00. The predicted molar refractivity (Wildman–Crippen MR) is 73.6 cm³/mol. The summed E-state index contributed by atoms with van der Waals surface area (Å²) in [5.74, 6) is 3.44. The lowest BCUT2D eigenvalue weighted by atomic mass is 9.74. The van der Waals surface area contributed by atoms with E-state index in [-0.39, 0.29) is 5.60 Å². The number of ether oxygens (including phenoxy) is 1. The molecule has 98 valence electrons. The maximum Gasteiger partial charge on any atom is 0.0928 e. The summed E-state index contributed by atoms with van der Waals surface area (Å²) in [7, 11) is 0. The van der Waals surface area contributed by atoms with Crippen molar-refractivity contribution in [2.75, 3.05) is 24.7 Å². The Morgan fingerprint density at radius 2 is 2.00 bits per heavy atom. The van der Waals surface area contributed by atoms with Crippen LogP contribution in [-0.4, -0.2) is 36.3 Å². The van der Waals surface area contributed by atoms with E-state index in [1.54, 1.807) is 0 Å². The molecule has 1 spiro atoms. The highest BCUT2D eigenvalue weighted by Gasteiger charge is 2.46. The largest absolute Gasteiger partial charge is 0.371 e. The Balaban J connectivity index is 1.73. The van der Waals surface area contributed by atoms with Gasteiger partial charge in [-0.1, -0.05) is 19.3 Å². The molecule has 2 heterocycles. The summed E-state index contributed by atoms with van der Waals surface area (Å²) < 4.78 is 6.29. The molecule has 0 aromatic heterocycles. The van der Waals surface area contributed by atoms with E-state index >= 15 is 0 Å². The number of morpholine rings is 1. The van der Waals surface area contributed by atoms with Gasteiger partial charge in [0.15, 0.2) is 0 Å². The predicted octanol–water partition coefficient (Wildman–Crippen LogP) is 2.82. The molecule has 0 aromatic rings. The molecule has 2 nitrogen and oxygen atoms in total. The van der Waals surface area contributed by atoms with Crippen LogP contribution in [0.2, 0.25) is 0 Å². The van der Waals surface area contributed by atoms with E-state index < -0.39 is 0 Å². The van der Waals surface area contributed by atoms with Gasteiger partial charge in [0.1, 0.15) is 0 Å². The van der Waals surface area contributed by atoms with E-state index in [0.29, 0.717) is 6.04 Å². The molecular weight excluding hydrogens is 230 g/mol. The van der Waals surface area contributed by atoms with Gasteiger partial charge in [0, 0.05) is 18.3 Å². The van der Waals surface area contributed by atoms with Crippen molar-refractivity contribution in [1.82, 2.24) is 5.32 Å². The lowest BCUT2D eigenvalue weighted by molar-refractivity contribution is -0.105. The van der Waals surface area contributed by atoms with Gasteiger partial charge in [0.25, 0.3) is 0 Å². The van der Waals surface area contributed by atoms with E-state index in [9.17, 15) is 0 Å². The molecule has 3 aliphatic rings. The van der Waals surface area contributed by atoms with E-state index in [1.165, 1.54) is 56.5 Å². The van der Waals surface area contributed by atoms with Crippen LogP contribution in [0.1, 0.15) is 44.9 Å². The van der Waals surface area contributed by atoms with Crippen LogP contribution in [0.5, 0.6) is 0 Å². The van der Waals surface area contributed by atoms with Gasteiger partial charge in [-0.2, -0.15) is 11.8 Å². The Labute approximate surface area is 109 Å². The molecule has 2 saturated heterocycles. The van der Waals surface area contributed by atoms with Gasteiger partial charge < -0.3 is 10.1 Å². The first-order valence-electron chi connectivity index (χ1n) is 7.36. The van der Waals surface area contributed by atoms with Gasteiger partial charge in [-0.05, 0) is 37.4 Å². The van der Waals surface area contributed by atoms with Crippen molar-refractivity contribution >= 4 is 11.8 Å². The number of hydrogen-bond donors (Lipinski definition) is 1. The van der Waals surface area contributed by atoms with Crippen molar-refractivity contribution in [1.29, 1.82) is 0 Å². The zero-order valence-corrected chi connectivity index (χ0v) is 11.6. The maximum atomic E-state index is 6.29. The average Bonchev–Trinajstić information content (AvgIpc) is 2.41. The quantitative estimate of drug-likeness (QED) is 0.778. The van der Waals surface area contributed by atoms with Crippen LogP contribution in [0.15, 0.2) is 0 Å². The fourth-order valence-corrected chi connectivity index (χ4v) is 5.20. The minimum absolute atomic E-state index is 0.184. The Hall–Kier alpha value is 0.270. The minimum Gasteiger partial charge on any atom is -0.371 e. The van der Waals surface area contributed by atoms with Crippen LogP contribution in [0, 0.1) is 5.92 Å². The van der Waals surface area contributed by atoms with Crippen molar-refractivity contribution < 1.29 is 4.74 Å². The molecule has 1 aliphatic carbocycles. The van der Waals surface area contributed by atoms with E-state index in [0.717, 1.165) is 19.1 Å². The van der Waals surface area contributed by atoms with Crippen molar-refractivity contribution in [2.45, 2.75) is 56.6 Å². The Kier molecular flexibility index (Phi) is 3.98. The van der Waals surface area contributed by atoms with Gasteiger partial charge in [-0.3, -0.25) is 0 Å². The van der Waals surface area contributed by atoms with Gasteiger partial charge in [0.2, 0.25) is 0 Å². The highest BCUT2D eigenvalue weighted by molar-refractivity contribution is 7.99.